The van der Waals surface area contributed by atoms with E-state index in [2.05, 4.69) is 11.9 Å². The van der Waals surface area contributed by atoms with Gasteiger partial charge in [-0.3, -0.25) is 4.79 Å². The molecule has 1 N–H and O–H groups in total. The van der Waals surface area contributed by atoms with Gasteiger partial charge in [0.25, 0.3) is 5.91 Å². The number of carbonyl (C=O) groups is 1. The lowest BCUT2D eigenvalue weighted by molar-refractivity contribution is -0.122. The Labute approximate surface area is 131 Å². The molecule has 0 aliphatic heterocycles. The van der Waals surface area contributed by atoms with Crippen LogP contribution < -0.4 is 10.1 Å². The molecule has 1 amide bonds. The maximum Gasteiger partial charge on any atom is 0.258 e. The van der Waals surface area contributed by atoms with E-state index in [1.165, 1.54) is 32.1 Å². The van der Waals surface area contributed by atoms with Gasteiger partial charge < -0.3 is 10.1 Å². The maximum absolute atomic E-state index is 11.6. The molecular formula is C17H22ClNO2. The Hall–Kier alpha value is -1.48. The first-order valence-electron chi connectivity index (χ1n) is 7.50. The Morgan fingerprint density at radius 1 is 1.38 bits per heavy atom. The zero-order valence-electron chi connectivity index (χ0n) is 12.2. The van der Waals surface area contributed by atoms with E-state index in [0.29, 0.717) is 12.5 Å². The van der Waals surface area contributed by atoms with Crippen LogP contribution in [0.5, 0.6) is 5.75 Å². The molecule has 2 rings (SSSR count). The summed E-state index contributed by atoms with van der Waals surface area (Å²) in [5.74, 6) is 1.13. The zero-order valence-corrected chi connectivity index (χ0v) is 13.0. The summed E-state index contributed by atoms with van der Waals surface area (Å²) in [6.45, 7) is 4.05. The molecule has 0 atom stereocenters. The summed E-state index contributed by atoms with van der Waals surface area (Å²) in [4.78, 5) is 11.6. The van der Waals surface area contributed by atoms with Crippen LogP contribution in [0, 0.1) is 0 Å². The van der Waals surface area contributed by atoms with E-state index in [9.17, 15) is 4.79 Å². The van der Waals surface area contributed by atoms with Gasteiger partial charge in [-0.2, -0.15) is 0 Å². The molecule has 0 spiro atoms. The molecule has 1 fully saturated rings. The highest BCUT2D eigenvalue weighted by molar-refractivity contribution is 6.30. The highest BCUT2D eigenvalue weighted by Gasteiger charge is 2.20. The standard InChI is InChI=1S/C17H22ClNO2/c1-2-10-19-17(20)12-21-16-9-8-14(18)11-15(16)13-6-4-3-5-7-13/h2,8-9,11,13H,1,3-7,10,12H2,(H,19,20). The fourth-order valence-corrected chi connectivity index (χ4v) is 2.94. The van der Waals surface area contributed by atoms with Crippen molar-refractivity contribution < 1.29 is 9.53 Å². The minimum Gasteiger partial charge on any atom is -0.483 e. The number of nitrogens with one attached hydrogen (secondary N) is 1. The van der Waals surface area contributed by atoms with Crippen LogP contribution in [0.2, 0.25) is 5.02 Å². The van der Waals surface area contributed by atoms with Gasteiger partial charge in [0.2, 0.25) is 0 Å². The first-order valence-corrected chi connectivity index (χ1v) is 7.88. The van der Waals surface area contributed by atoms with Crippen molar-refractivity contribution in [2.75, 3.05) is 13.2 Å². The molecule has 0 heterocycles. The molecule has 1 aromatic carbocycles. The van der Waals surface area contributed by atoms with Gasteiger partial charge in [0.05, 0.1) is 0 Å². The van der Waals surface area contributed by atoms with Gasteiger partial charge in [0.15, 0.2) is 6.61 Å². The topological polar surface area (TPSA) is 38.3 Å². The van der Waals surface area contributed by atoms with E-state index in [0.717, 1.165) is 16.3 Å². The van der Waals surface area contributed by atoms with E-state index in [-0.39, 0.29) is 12.5 Å². The van der Waals surface area contributed by atoms with E-state index in [4.69, 9.17) is 16.3 Å². The van der Waals surface area contributed by atoms with Crippen LogP contribution in [0.25, 0.3) is 0 Å². The normalized spacial score (nSPS) is 15.5. The summed E-state index contributed by atoms with van der Waals surface area (Å²) in [5, 5.41) is 3.43. The van der Waals surface area contributed by atoms with Crippen molar-refractivity contribution in [1.82, 2.24) is 5.32 Å². The van der Waals surface area contributed by atoms with Crippen LogP contribution in [-0.4, -0.2) is 19.1 Å². The number of carbonyl (C=O) groups excluding carboxylic acids is 1. The molecule has 1 aliphatic carbocycles. The molecule has 4 heteroatoms. The van der Waals surface area contributed by atoms with Crippen molar-refractivity contribution in [3.63, 3.8) is 0 Å². The Kier molecular flexibility index (Phi) is 6.12. The molecule has 21 heavy (non-hydrogen) atoms. The summed E-state index contributed by atoms with van der Waals surface area (Å²) in [5.41, 5.74) is 1.14. The Bertz CT molecular complexity index is 496. The predicted molar refractivity (Wildman–Crippen MR) is 86.0 cm³/mol. The van der Waals surface area contributed by atoms with Crippen molar-refractivity contribution >= 4 is 17.5 Å². The van der Waals surface area contributed by atoms with E-state index in [1.807, 2.05) is 18.2 Å². The average Bonchev–Trinajstić information content (AvgIpc) is 2.52. The fraction of sp³-hybridized carbons (Fsp3) is 0.471. The number of hydrogen-bond acceptors (Lipinski definition) is 2. The summed E-state index contributed by atoms with van der Waals surface area (Å²) in [6.07, 6.45) is 7.77. The molecule has 1 saturated carbocycles. The second-order valence-electron chi connectivity index (χ2n) is 5.40. The fourth-order valence-electron chi connectivity index (χ4n) is 2.76. The molecule has 1 aliphatic rings. The maximum atomic E-state index is 11.6. The second-order valence-corrected chi connectivity index (χ2v) is 5.83. The van der Waals surface area contributed by atoms with Crippen molar-refractivity contribution in [2.24, 2.45) is 0 Å². The lowest BCUT2D eigenvalue weighted by Gasteiger charge is -2.24. The molecule has 3 nitrogen and oxygen atoms in total. The molecule has 1 aromatic rings. The number of rotatable bonds is 6. The van der Waals surface area contributed by atoms with Crippen molar-refractivity contribution in [1.29, 1.82) is 0 Å². The second kappa shape index (κ2) is 8.08. The van der Waals surface area contributed by atoms with Gasteiger partial charge in [-0.25, -0.2) is 0 Å². The van der Waals surface area contributed by atoms with Gasteiger partial charge >= 0.3 is 0 Å². The van der Waals surface area contributed by atoms with Gasteiger partial charge in [0.1, 0.15) is 5.75 Å². The number of ether oxygens (including phenoxy) is 1. The van der Waals surface area contributed by atoms with Crippen LogP contribution in [0.3, 0.4) is 0 Å². The number of amides is 1. The first-order chi connectivity index (χ1) is 10.2. The van der Waals surface area contributed by atoms with Gasteiger partial charge in [-0.15, -0.1) is 6.58 Å². The van der Waals surface area contributed by atoms with E-state index >= 15 is 0 Å². The van der Waals surface area contributed by atoms with E-state index < -0.39 is 0 Å². The minimum absolute atomic E-state index is 0.0230. The highest BCUT2D eigenvalue weighted by atomic mass is 35.5. The molecule has 0 saturated heterocycles. The smallest absolute Gasteiger partial charge is 0.258 e. The highest BCUT2D eigenvalue weighted by Crippen LogP contribution is 2.38. The Balaban J connectivity index is 2.04. The van der Waals surface area contributed by atoms with Crippen molar-refractivity contribution in [2.45, 2.75) is 38.0 Å². The van der Waals surface area contributed by atoms with Crippen molar-refractivity contribution in [3.8, 4) is 5.75 Å². The van der Waals surface area contributed by atoms with Crippen LogP contribution in [-0.2, 0) is 4.79 Å². The summed E-state index contributed by atoms with van der Waals surface area (Å²) in [7, 11) is 0. The quantitative estimate of drug-likeness (QED) is 0.805. The molecule has 0 radical (unpaired) electrons. The SMILES string of the molecule is C=CCNC(=O)COc1ccc(Cl)cc1C1CCCCC1. The van der Waals surface area contributed by atoms with Gasteiger partial charge in [-0.1, -0.05) is 36.9 Å². The first kappa shape index (κ1) is 15.9. The predicted octanol–water partition coefficient (Wildman–Crippen LogP) is 4.07. The van der Waals surface area contributed by atoms with Crippen LogP contribution in [0.1, 0.15) is 43.6 Å². The average molecular weight is 308 g/mol. The lowest BCUT2D eigenvalue weighted by atomic mass is 9.84. The number of halogens is 1. The molecular weight excluding hydrogens is 286 g/mol. The van der Waals surface area contributed by atoms with Gasteiger partial charge in [0, 0.05) is 11.6 Å². The minimum atomic E-state index is -0.139. The summed E-state index contributed by atoms with van der Waals surface area (Å²) >= 11 is 6.12. The van der Waals surface area contributed by atoms with E-state index in [1.54, 1.807) is 6.08 Å². The molecule has 114 valence electrons. The number of hydrogen-bond donors (Lipinski definition) is 1. The monoisotopic (exact) mass is 307 g/mol. The van der Waals surface area contributed by atoms with Crippen molar-refractivity contribution in [3.05, 3.63) is 41.4 Å². The third kappa shape index (κ3) is 4.78. The molecule has 0 aromatic heterocycles. The summed E-state index contributed by atoms with van der Waals surface area (Å²) in [6, 6.07) is 5.66. The molecule has 0 unspecified atom stereocenters. The third-order valence-corrected chi connectivity index (χ3v) is 4.05. The van der Waals surface area contributed by atoms with Crippen LogP contribution in [0.15, 0.2) is 30.9 Å². The zero-order chi connectivity index (χ0) is 15.1. The van der Waals surface area contributed by atoms with Crippen LogP contribution in [0.4, 0.5) is 0 Å². The number of benzene rings is 1. The van der Waals surface area contributed by atoms with Crippen LogP contribution >= 0.6 is 11.6 Å². The Morgan fingerprint density at radius 3 is 2.86 bits per heavy atom. The molecule has 0 bridgehead atoms. The third-order valence-electron chi connectivity index (χ3n) is 3.82. The van der Waals surface area contributed by atoms with Gasteiger partial charge in [-0.05, 0) is 42.5 Å². The Morgan fingerprint density at radius 2 is 2.14 bits per heavy atom. The summed E-state index contributed by atoms with van der Waals surface area (Å²) < 4.78 is 5.70. The lowest BCUT2D eigenvalue weighted by Crippen LogP contribution is -2.29. The largest absolute Gasteiger partial charge is 0.483 e.